The highest BCUT2D eigenvalue weighted by molar-refractivity contribution is 7.80. The molecule has 0 bridgehead atoms. The third kappa shape index (κ3) is 19.2. The van der Waals surface area contributed by atoms with Crippen molar-refractivity contribution in [1.29, 1.82) is 0 Å². The van der Waals surface area contributed by atoms with E-state index in [-0.39, 0.29) is 62.7 Å². The number of benzene rings is 2. The third-order valence-electron chi connectivity index (χ3n) is 12.1. The van der Waals surface area contributed by atoms with Crippen LogP contribution in [0.15, 0.2) is 48.5 Å². The lowest BCUT2D eigenvalue weighted by molar-refractivity contribution is -0.143. The molecule has 1 aliphatic heterocycles. The molecular formula is C47H69N11O14S. The summed E-state index contributed by atoms with van der Waals surface area (Å²) in [6.07, 6.45) is 0.594. The van der Waals surface area contributed by atoms with Gasteiger partial charge in [-0.2, -0.15) is 12.6 Å². The standard InChI is InChI=1S/C47H69N11O14S/c1-3-25(2)39(57-38(63)22-49)46(70)58-18-6-8-36(58)45(69)54-32(20-27-11-15-29(61)16-12-27)41(65)56-35(24-73)44(68)53-33(21-37(50)62)42(66)52-31(19-26-9-13-28(60)14-10-26)40(64)55-34(23-59)43(67)51-30(47(71)72)7-4-5-17-48/h9-16,25,30-36,39,59-61,73H,3-8,17-24,48-49H2,1-2H3,(H2,50,62)(H,51,67)(H,52,66)(H,53,68)(H,54,69)(H,55,64)(H,56,65)(H,57,63)(H,71,72)/t25-,30-,31-,32-,33-,34-,35-,36-,39-/m0/s1. The molecule has 1 fully saturated rings. The van der Waals surface area contributed by atoms with Gasteiger partial charge < -0.3 is 79.7 Å². The molecule has 26 heteroatoms. The average Bonchev–Trinajstić information content (AvgIpc) is 3.86. The van der Waals surface area contributed by atoms with Crippen LogP contribution in [0.3, 0.4) is 0 Å². The number of likely N-dealkylation sites (tertiary alicyclic amines) is 1. The predicted molar refractivity (Wildman–Crippen MR) is 266 cm³/mol. The molecule has 0 aromatic heterocycles. The number of aliphatic carboxylic acids is 1. The van der Waals surface area contributed by atoms with E-state index in [4.69, 9.17) is 17.2 Å². The van der Waals surface area contributed by atoms with Gasteiger partial charge in [-0.25, -0.2) is 4.79 Å². The van der Waals surface area contributed by atoms with Gasteiger partial charge in [-0.1, -0.05) is 44.5 Å². The second-order valence-corrected chi connectivity index (χ2v) is 18.0. The zero-order valence-electron chi connectivity index (χ0n) is 40.7. The van der Waals surface area contributed by atoms with Gasteiger partial charge in [-0.3, -0.25) is 43.2 Å². The van der Waals surface area contributed by atoms with Gasteiger partial charge in [0.05, 0.1) is 19.6 Å². The largest absolute Gasteiger partial charge is 0.508 e. The van der Waals surface area contributed by atoms with Crippen molar-refractivity contribution in [3.05, 3.63) is 59.7 Å². The van der Waals surface area contributed by atoms with Crippen LogP contribution in [0.2, 0.25) is 0 Å². The Morgan fingerprint density at radius 2 is 1.16 bits per heavy atom. The van der Waals surface area contributed by atoms with Gasteiger partial charge in [-0.15, -0.1) is 0 Å². The fraction of sp³-hybridized carbons (Fsp3) is 0.532. The molecular weight excluding hydrogens is 975 g/mol. The van der Waals surface area contributed by atoms with Crippen LogP contribution in [0.5, 0.6) is 11.5 Å². The lowest BCUT2D eigenvalue weighted by atomic mass is 9.97. The van der Waals surface area contributed by atoms with Crippen molar-refractivity contribution in [3.8, 4) is 11.5 Å². The Hall–Kier alpha value is -7.03. The molecule has 0 radical (unpaired) electrons. The number of nitrogens with two attached hydrogens (primary N) is 3. The first-order valence-corrected chi connectivity index (χ1v) is 24.4. The summed E-state index contributed by atoms with van der Waals surface area (Å²) < 4.78 is 0. The first-order valence-electron chi connectivity index (χ1n) is 23.8. The van der Waals surface area contributed by atoms with Crippen molar-refractivity contribution in [3.63, 3.8) is 0 Å². The SMILES string of the molecule is CC[C@H](C)[C@H](NC(=O)CN)C(=O)N1CCC[C@H]1C(=O)N[C@@H](Cc1ccc(O)cc1)C(=O)N[C@@H](CS)C(=O)N[C@@H](CC(N)=O)C(=O)N[C@@H](Cc1ccc(O)cc1)C(=O)N[C@@H](CO)C(=O)N[C@@H](CCCCN)C(=O)O. The second-order valence-electron chi connectivity index (χ2n) is 17.6. The van der Waals surface area contributed by atoms with Gasteiger partial charge in [-0.05, 0) is 80.0 Å². The minimum absolute atomic E-state index is 0.00653. The van der Waals surface area contributed by atoms with Gasteiger partial charge in [0.2, 0.25) is 53.2 Å². The summed E-state index contributed by atoms with van der Waals surface area (Å²) in [4.78, 5) is 135. The van der Waals surface area contributed by atoms with Gasteiger partial charge in [0, 0.05) is 25.1 Å². The molecule has 0 saturated carbocycles. The van der Waals surface area contributed by atoms with Crippen molar-refractivity contribution in [1.82, 2.24) is 42.1 Å². The molecule has 402 valence electrons. The number of carbonyl (C=O) groups excluding carboxylic acids is 9. The first-order chi connectivity index (χ1) is 34.7. The molecule has 0 spiro atoms. The van der Waals surface area contributed by atoms with E-state index in [1.165, 1.54) is 53.4 Å². The van der Waals surface area contributed by atoms with Crippen molar-refractivity contribution in [2.75, 3.05) is 32.0 Å². The number of amides is 9. The Balaban J connectivity index is 1.87. The van der Waals surface area contributed by atoms with E-state index in [2.05, 4.69) is 49.8 Å². The smallest absolute Gasteiger partial charge is 0.326 e. The number of thiol groups is 1. The number of carbonyl (C=O) groups is 10. The summed E-state index contributed by atoms with van der Waals surface area (Å²) in [5.41, 5.74) is 17.3. The molecule has 17 N–H and O–H groups in total. The molecule has 25 nitrogen and oxygen atoms in total. The molecule has 2 aromatic carbocycles. The lowest BCUT2D eigenvalue weighted by Gasteiger charge is -2.32. The van der Waals surface area contributed by atoms with Crippen LogP contribution in [0, 0.1) is 5.92 Å². The molecule has 2 aromatic rings. The van der Waals surface area contributed by atoms with Crippen LogP contribution in [0.1, 0.15) is 69.9 Å². The first kappa shape index (κ1) is 60.3. The molecule has 1 aliphatic rings. The molecule has 9 amide bonds. The number of aromatic hydroxyl groups is 2. The Morgan fingerprint density at radius 1 is 0.685 bits per heavy atom. The summed E-state index contributed by atoms with van der Waals surface area (Å²) >= 11 is 4.23. The molecule has 1 saturated heterocycles. The van der Waals surface area contributed by atoms with E-state index in [0.29, 0.717) is 36.8 Å². The van der Waals surface area contributed by atoms with Crippen molar-refractivity contribution in [2.45, 2.75) is 120 Å². The van der Waals surface area contributed by atoms with Crippen LogP contribution in [0.4, 0.5) is 0 Å². The van der Waals surface area contributed by atoms with E-state index in [1.54, 1.807) is 6.92 Å². The normalized spacial score (nSPS) is 16.4. The molecule has 0 unspecified atom stereocenters. The predicted octanol–water partition coefficient (Wildman–Crippen LogP) is -3.72. The number of phenolic OH excluding ortho intramolecular Hbond substituents is 2. The highest BCUT2D eigenvalue weighted by Crippen LogP contribution is 2.22. The van der Waals surface area contributed by atoms with E-state index < -0.39 is 126 Å². The third-order valence-corrected chi connectivity index (χ3v) is 12.4. The maximum Gasteiger partial charge on any atom is 0.326 e. The summed E-state index contributed by atoms with van der Waals surface area (Å²) in [7, 11) is 0. The fourth-order valence-corrected chi connectivity index (χ4v) is 7.99. The summed E-state index contributed by atoms with van der Waals surface area (Å²) in [5.74, 6) is -10.5. The number of aliphatic hydroxyl groups excluding tert-OH is 1. The molecule has 1 heterocycles. The van der Waals surface area contributed by atoms with E-state index in [9.17, 15) is 68.4 Å². The van der Waals surface area contributed by atoms with Crippen LogP contribution in [0.25, 0.3) is 0 Å². The van der Waals surface area contributed by atoms with Crippen LogP contribution in [-0.4, -0.2) is 165 Å². The second kappa shape index (κ2) is 30.1. The number of hydrogen-bond donors (Lipinski definition) is 15. The van der Waals surface area contributed by atoms with Crippen LogP contribution >= 0.6 is 12.6 Å². The number of rotatable bonds is 30. The van der Waals surface area contributed by atoms with Gasteiger partial charge in [0.15, 0.2) is 0 Å². The topological polar surface area (TPSA) is 417 Å². The summed E-state index contributed by atoms with van der Waals surface area (Å²) in [5, 5.41) is 56.6. The summed E-state index contributed by atoms with van der Waals surface area (Å²) in [6.45, 7) is 2.68. The lowest BCUT2D eigenvalue weighted by Crippen LogP contribution is -2.61. The number of unbranched alkanes of at least 4 members (excludes halogenated alkanes) is 1. The zero-order valence-corrected chi connectivity index (χ0v) is 41.6. The summed E-state index contributed by atoms with van der Waals surface area (Å²) in [6, 6.07) is -0.478. The number of nitrogens with zero attached hydrogens (tertiary/aromatic N) is 1. The van der Waals surface area contributed by atoms with Gasteiger partial charge >= 0.3 is 5.97 Å². The molecule has 73 heavy (non-hydrogen) atoms. The van der Waals surface area contributed by atoms with Crippen molar-refractivity contribution < 1.29 is 68.4 Å². The number of phenols is 2. The Kier molecular flexibility index (Phi) is 24.9. The van der Waals surface area contributed by atoms with Crippen LogP contribution in [-0.2, 0) is 60.8 Å². The van der Waals surface area contributed by atoms with E-state index >= 15 is 0 Å². The number of nitrogens with one attached hydrogen (secondary N) is 7. The minimum Gasteiger partial charge on any atom is -0.508 e. The number of carboxylic acid groups (broad SMARTS) is 1. The monoisotopic (exact) mass is 1040 g/mol. The molecule has 9 atom stereocenters. The number of hydrogen-bond acceptors (Lipinski definition) is 16. The Labute approximate surface area is 427 Å². The van der Waals surface area contributed by atoms with E-state index in [1.807, 2.05) is 6.92 Å². The number of carboxylic acids is 1. The number of primary amides is 1. The zero-order chi connectivity index (χ0) is 54.4. The molecule has 3 rings (SSSR count). The van der Waals surface area contributed by atoms with Crippen molar-refractivity contribution >= 4 is 71.8 Å². The maximum absolute atomic E-state index is 14.1. The number of aliphatic hydroxyl groups is 1. The minimum atomic E-state index is -1.81. The van der Waals surface area contributed by atoms with Crippen LogP contribution < -0.4 is 54.4 Å². The average molecular weight is 1040 g/mol. The quantitative estimate of drug-likeness (QED) is 0.0264. The van der Waals surface area contributed by atoms with Crippen molar-refractivity contribution in [2.24, 2.45) is 23.1 Å². The fourth-order valence-electron chi connectivity index (χ4n) is 7.73. The molecule has 0 aliphatic carbocycles. The highest BCUT2D eigenvalue weighted by Gasteiger charge is 2.41. The highest BCUT2D eigenvalue weighted by atomic mass is 32.1. The maximum atomic E-state index is 14.1. The van der Waals surface area contributed by atoms with Gasteiger partial charge in [0.25, 0.3) is 0 Å². The Bertz CT molecular complexity index is 2240. The van der Waals surface area contributed by atoms with E-state index in [0.717, 1.165) is 0 Å². The Morgan fingerprint density at radius 3 is 1.66 bits per heavy atom. The van der Waals surface area contributed by atoms with Gasteiger partial charge in [0.1, 0.15) is 59.8 Å².